The van der Waals surface area contributed by atoms with E-state index in [4.69, 9.17) is 5.11 Å². The maximum absolute atomic E-state index is 12.4. The summed E-state index contributed by atoms with van der Waals surface area (Å²) in [4.78, 5) is 35.1. The van der Waals surface area contributed by atoms with Crippen molar-refractivity contribution in [2.24, 2.45) is 0 Å². The molecule has 0 aliphatic heterocycles. The highest BCUT2D eigenvalue weighted by atomic mass is 16.4. The average Bonchev–Trinajstić information content (AvgIpc) is 2.67. The normalized spacial score (nSPS) is 11.7. The molecule has 0 bridgehead atoms. The number of rotatable bonds is 6. The van der Waals surface area contributed by atoms with Crippen LogP contribution in [0.15, 0.2) is 66.7 Å². The molecule has 6 heteroatoms. The molecule has 27 heavy (non-hydrogen) atoms. The number of carboxylic acids is 2. The lowest BCUT2D eigenvalue weighted by Gasteiger charge is -2.16. The summed E-state index contributed by atoms with van der Waals surface area (Å²) < 4.78 is 0. The number of carbonyl (C=O) groups is 3. The van der Waals surface area contributed by atoms with Crippen LogP contribution in [0.5, 0.6) is 0 Å². The number of fused-ring (bicyclic) bond motifs is 1. The van der Waals surface area contributed by atoms with E-state index < -0.39 is 23.9 Å². The molecule has 0 aliphatic rings. The molecule has 1 amide bonds. The van der Waals surface area contributed by atoms with Gasteiger partial charge in [0.05, 0.1) is 5.56 Å². The van der Waals surface area contributed by atoms with Crippen molar-refractivity contribution in [1.29, 1.82) is 0 Å². The van der Waals surface area contributed by atoms with Crippen LogP contribution in [0.4, 0.5) is 0 Å². The molecule has 0 heterocycles. The quantitative estimate of drug-likeness (QED) is 0.625. The predicted octanol–water partition coefficient (Wildman–Crippen LogP) is 2.96. The largest absolute Gasteiger partial charge is 0.480 e. The highest BCUT2D eigenvalue weighted by Crippen LogP contribution is 2.20. The van der Waals surface area contributed by atoms with Gasteiger partial charge >= 0.3 is 11.9 Å². The van der Waals surface area contributed by atoms with Crippen LogP contribution >= 0.6 is 0 Å². The fourth-order valence-electron chi connectivity index (χ4n) is 2.93. The Labute approximate surface area is 155 Å². The zero-order chi connectivity index (χ0) is 19.4. The molecule has 0 saturated carbocycles. The van der Waals surface area contributed by atoms with Crippen molar-refractivity contribution in [2.45, 2.75) is 12.5 Å². The van der Waals surface area contributed by atoms with Crippen molar-refractivity contribution >= 4 is 28.6 Å². The SMILES string of the molecule is O=C(O)c1cccc(C(=O)N[C@@H](Cc2cccc3ccccc23)C(=O)O)c1. The molecule has 0 aromatic heterocycles. The Balaban J connectivity index is 1.84. The molecule has 0 spiro atoms. The molecule has 1 atom stereocenters. The number of benzene rings is 3. The third-order valence-corrected chi connectivity index (χ3v) is 4.28. The summed E-state index contributed by atoms with van der Waals surface area (Å²) in [6, 6.07) is 17.5. The highest BCUT2D eigenvalue weighted by molar-refractivity contribution is 5.99. The lowest BCUT2D eigenvalue weighted by atomic mass is 9.98. The van der Waals surface area contributed by atoms with Gasteiger partial charge in [-0.2, -0.15) is 0 Å². The van der Waals surface area contributed by atoms with E-state index in [1.54, 1.807) is 0 Å². The van der Waals surface area contributed by atoms with Crippen molar-refractivity contribution in [1.82, 2.24) is 5.32 Å². The molecule has 3 aromatic rings. The van der Waals surface area contributed by atoms with Gasteiger partial charge in [0.15, 0.2) is 0 Å². The van der Waals surface area contributed by atoms with Crippen molar-refractivity contribution in [3.63, 3.8) is 0 Å². The van der Waals surface area contributed by atoms with E-state index in [1.807, 2.05) is 42.5 Å². The second-order valence-electron chi connectivity index (χ2n) is 6.09. The average molecular weight is 363 g/mol. The van der Waals surface area contributed by atoms with Crippen LogP contribution in [0.3, 0.4) is 0 Å². The molecule has 6 nitrogen and oxygen atoms in total. The lowest BCUT2D eigenvalue weighted by Crippen LogP contribution is -2.42. The van der Waals surface area contributed by atoms with Gasteiger partial charge in [-0.1, -0.05) is 48.5 Å². The van der Waals surface area contributed by atoms with Gasteiger partial charge in [-0.15, -0.1) is 0 Å². The van der Waals surface area contributed by atoms with Gasteiger partial charge in [-0.05, 0) is 34.5 Å². The van der Waals surface area contributed by atoms with E-state index in [1.165, 1.54) is 24.3 Å². The van der Waals surface area contributed by atoms with Gasteiger partial charge in [0.1, 0.15) is 6.04 Å². The third kappa shape index (κ3) is 4.12. The Hall–Kier alpha value is -3.67. The Morgan fingerprint density at radius 2 is 1.52 bits per heavy atom. The molecule has 136 valence electrons. The van der Waals surface area contributed by atoms with E-state index in [9.17, 15) is 19.5 Å². The second kappa shape index (κ2) is 7.70. The molecule has 0 fully saturated rings. The molecular weight excluding hydrogens is 346 g/mol. The smallest absolute Gasteiger partial charge is 0.335 e. The highest BCUT2D eigenvalue weighted by Gasteiger charge is 2.22. The summed E-state index contributed by atoms with van der Waals surface area (Å²) in [5.41, 5.74) is 0.864. The van der Waals surface area contributed by atoms with E-state index in [-0.39, 0.29) is 17.5 Å². The number of hydrogen-bond donors (Lipinski definition) is 3. The minimum absolute atomic E-state index is 0.0384. The second-order valence-corrected chi connectivity index (χ2v) is 6.09. The Kier molecular flexibility index (Phi) is 5.17. The molecule has 3 N–H and O–H groups in total. The van der Waals surface area contributed by atoms with Gasteiger partial charge in [-0.25, -0.2) is 9.59 Å². The summed E-state index contributed by atoms with van der Waals surface area (Å²) in [5.74, 6) is -2.95. The molecule has 3 rings (SSSR count). The van der Waals surface area contributed by atoms with E-state index >= 15 is 0 Å². The van der Waals surface area contributed by atoms with Crippen LogP contribution in [0.2, 0.25) is 0 Å². The van der Waals surface area contributed by atoms with Crippen LogP contribution in [-0.2, 0) is 11.2 Å². The summed E-state index contributed by atoms with van der Waals surface area (Å²) in [6.45, 7) is 0. The summed E-state index contributed by atoms with van der Waals surface area (Å²) in [7, 11) is 0. The van der Waals surface area contributed by atoms with Crippen LogP contribution in [0, 0.1) is 0 Å². The number of carbonyl (C=O) groups excluding carboxylic acids is 1. The molecule has 3 aromatic carbocycles. The van der Waals surface area contributed by atoms with E-state index in [0.717, 1.165) is 16.3 Å². The molecule has 0 radical (unpaired) electrons. The summed E-state index contributed by atoms with van der Waals surface area (Å²) in [6.07, 6.45) is 0.112. The van der Waals surface area contributed by atoms with Crippen LogP contribution in [0.1, 0.15) is 26.3 Å². The molecule has 0 unspecified atom stereocenters. The Bertz CT molecular complexity index is 1020. The number of hydrogen-bond acceptors (Lipinski definition) is 3. The van der Waals surface area contributed by atoms with E-state index in [0.29, 0.717) is 0 Å². The molecule has 0 saturated heterocycles. The van der Waals surface area contributed by atoms with Crippen LogP contribution in [0.25, 0.3) is 10.8 Å². The van der Waals surface area contributed by atoms with Crippen LogP contribution in [-0.4, -0.2) is 34.1 Å². The molecule has 0 aliphatic carbocycles. The van der Waals surface area contributed by atoms with Gasteiger partial charge in [-0.3, -0.25) is 4.79 Å². The fourth-order valence-corrected chi connectivity index (χ4v) is 2.93. The minimum atomic E-state index is -1.16. The summed E-state index contributed by atoms with van der Waals surface area (Å²) in [5, 5.41) is 23.0. The number of carboxylic acid groups (broad SMARTS) is 2. The first kappa shape index (κ1) is 18.1. The van der Waals surface area contributed by atoms with Crippen molar-refractivity contribution in [3.8, 4) is 0 Å². The van der Waals surface area contributed by atoms with E-state index in [2.05, 4.69) is 5.32 Å². The maximum atomic E-state index is 12.4. The van der Waals surface area contributed by atoms with Gasteiger partial charge in [0.2, 0.25) is 0 Å². The lowest BCUT2D eigenvalue weighted by molar-refractivity contribution is -0.139. The summed E-state index contributed by atoms with van der Waals surface area (Å²) >= 11 is 0. The predicted molar refractivity (Wildman–Crippen MR) is 99.9 cm³/mol. The zero-order valence-electron chi connectivity index (χ0n) is 14.3. The van der Waals surface area contributed by atoms with Gasteiger partial charge in [0.25, 0.3) is 5.91 Å². The Morgan fingerprint density at radius 1 is 0.852 bits per heavy atom. The fraction of sp³-hybridized carbons (Fsp3) is 0.0952. The first-order chi connectivity index (χ1) is 13.0. The number of aromatic carboxylic acids is 1. The monoisotopic (exact) mass is 363 g/mol. The number of amides is 1. The first-order valence-corrected chi connectivity index (χ1v) is 8.29. The minimum Gasteiger partial charge on any atom is -0.480 e. The van der Waals surface area contributed by atoms with Gasteiger partial charge < -0.3 is 15.5 Å². The maximum Gasteiger partial charge on any atom is 0.335 e. The van der Waals surface area contributed by atoms with Crippen molar-refractivity contribution in [2.75, 3.05) is 0 Å². The third-order valence-electron chi connectivity index (χ3n) is 4.28. The first-order valence-electron chi connectivity index (χ1n) is 8.29. The zero-order valence-corrected chi connectivity index (χ0v) is 14.3. The molecular formula is C21H17NO5. The van der Waals surface area contributed by atoms with Gasteiger partial charge in [0, 0.05) is 12.0 Å². The van der Waals surface area contributed by atoms with Crippen molar-refractivity contribution < 1.29 is 24.6 Å². The standard InChI is InChI=1S/C21H17NO5/c23-19(15-8-4-9-16(11-15)20(24)25)22-18(21(26)27)12-14-7-3-6-13-5-1-2-10-17(13)14/h1-11,18H,12H2,(H,22,23)(H,24,25)(H,26,27)/t18-/m0/s1. The number of aliphatic carboxylic acids is 1. The van der Waals surface area contributed by atoms with Crippen molar-refractivity contribution in [3.05, 3.63) is 83.4 Å². The topological polar surface area (TPSA) is 104 Å². The Morgan fingerprint density at radius 3 is 2.26 bits per heavy atom. The van der Waals surface area contributed by atoms with Crippen LogP contribution < -0.4 is 5.32 Å². The number of nitrogens with one attached hydrogen (secondary N) is 1.